The van der Waals surface area contributed by atoms with Crippen molar-refractivity contribution in [3.05, 3.63) is 53.9 Å². The number of nitrogens with zero attached hydrogens (tertiary/aromatic N) is 1. The van der Waals surface area contributed by atoms with E-state index in [1.165, 1.54) is 5.56 Å². The zero-order valence-electron chi connectivity index (χ0n) is 10.4. The van der Waals surface area contributed by atoms with Crippen LogP contribution >= 0.6 is 0 Å². The van der Waals surface area contributed by atoms with Crippen molar-refractivity contribution >= 4 is 5.91 Å². The predicted octanol–water partition coefficient (Wildman–Crippen LogP) is 1.58. The third-order valence-corrected chi connectivity index (χ3v) is 2.57. The monoisotopic (exact) mass is 230 g/mol. The molecule has 0 unspecified atom stereocenters. The Hall–Kier alpha value is -1.99. The Balaban J connectivity index is 2.53. The van der Waals surface area contributed by atoms with Crippen LogP contribution in [-0.4, -0.2) is 31.4 Å². The molecule has 1 N–H and O–H groups in total. The van der Waals surface area contributed by atoms with Crippen LogP contribution in [0.25, 0.3) is 0 Å². The van der Waals surface area contributed by atoms with Crippen LogP contribution in [0.2, 0.25) is 0 Å². The van der Waals surface area contributed by atoms with Crippen molar-refractivity contribution in [1.29, 1.82) is 0 Å². The molecule has 1 aromatic rings. The molecule has 3 heteroatoms. The van der Waals surface area contributed by atoms with Crippen LogP contribution in [-0.2, 0) is 11.2 Å². The summed E-state index contributed by atoms with van der Waals surface area (Å²) in [5, 5.41) is 2.78. The first-order valence-electron chi connectivity index (χ1n) is 5.56. The Morgan fingerprint density at radius 3 is 2.59 bits per heavy atom. The molecule has 0 bridgehead atoms. The second-order valence-corrected chi connectivity index (χ2v) is 3.76. The Morgan fingerprint density at radius 1 is 1.41 bits per heavy atom. The third kappa shape index (κ3) is 3.82. The van der Waals surface area contributed by atoms with E-state index in [0.717, 1.165) is 6.42 Å². The van der Waals surface area contributed by atoms with E-state index in [-0.39, 0.29) is 5.91 Å². The smallest absolute Gasteiger partial charge is 0.277 e. The average molecular weight is 230 g/mol. The van der Waals surface area contributed by atoms with E-state index in [9.17, 15) is 4.79 Å². The molecule has 3 nitrogen and oxygen atoms in total. The number of benzene rings is 1. The normalized spacial score (nSPS) is 9.29. The van der Waals surface area contributed by atoms with E-state index in [1.54, 1.807) is 19.0 Å². The summed E-state index contributed by atoms with van der Waals surface area (Å²) in [6.45, 7) is 4.16. The molecule has 17 heavy (non-hydrogen) atoms. The Labute approximate surface area is 102 Å². The highest BCUT2D eigenvalue weighted by Gasteiger charge is 2.12. The molecule has 1 rings (SSSR count). The number of rotatable bonds is 5. The van der Waals surface area contributed by atoms with Gasteiger partial charge in [0.1, 0.15) is 5.70 Å². The molecule has 0 heterocycles. The topological polar surface area (TPSA) is 32.3 Å². The van der Waals surface area contributed by atoms with E-state index >= 15 is 0 Å². The molecule has 0 aliphatic rings. The molecule has 0 atom stereocenters. The maximum Gasteiger partial charge on any atom is 0.277 e. The standard InChI is InChI=1S/C14H18N2O/c1-4-13(15-2)14(17)16(3)11-10-12-8-6-5-7-9-12/h5-9,15H,1,10-11H2,2-3H3. The van der Waals surface area contributed by atoms with Gasteiger partial charge in [0.25, 0.3) is 5.91 Å². The number of likely N-dealkylation sites (N-methyl/N-ethyl adjacent to an activating group) is 2. The van der Waals surface area contributed by atoms with Crippen molar-refractivity contribution < 1.29 is 4.79 Å². The van der Waals surface area contributed by atoms with Crippen LogP contribution in [0.15, 0.2) is 48.3 Å². The fourth-order valence-corrected chi connectivity index (χ4v) is 1.50. The van der Waals surface area contributed by atoms with Crippen molar-refractivity contribution in [3.63, 3.8) is 0 Å². The molecule has 0 saturated heterocycles. The van der Waals surface area contributed by atoms with Gasteiger partial charge in [-0.15, -0.1) is 0 Å². The minimum Gasteiger partial charge on any atom is -0.377 e. The highest BCUT2D eigenvalue weighted by molar-refractivity contribution is 5.92. The molecule has 1 amide bonds. The first-order chi connectivity index (χ1) is 8.19. The number of hydrogen-bond acceptors (Lipinski definition) is 2. The van der Waals surface area contributed by atoms with Gasteiger partial charge in [-0.1, -0.05) is 42.6 Å². The number of carbonyl (C=O) groups is 1. The maximum atomic E-state index is 11.9. The van der Waals surface area contributed by atoms with Gasteiger partial charge in [-0.05, 0) is 12.0 Å². The minimum atomic E-state index is -0.0848. The number of hydrogen-bond donors (Lipinski definition) is 1. The summed E-state index contributed by atoms with van der Waals surface area (Å²) in [6, 6.07) is 10.1. The van der Waals surface area contributed by atoms with Crippen LogP contribution in [0.1, 0.15) is 5.56 Å². The third-order valence-electron chi connectivity index (χ3n) is 2.57. The van der Waals surface area contributed by atoms with Crippen LogP contribution in [0, 0.1) is 0 Å². The van der Waals surface area contributed by atoms with Gasteiger partial charge in [0.05, 0.1) is 0 Å². The van der Waals surface area contributed by atoms with E-state index in [4.69, 9.17) is 0 Å². The molecular weight excluding hydrogens is 212 g/mol. The number of amides is 1. The first kappa shape index (κ1) is 13.1. The van der Waals surface area contributed by atoms with Gasteiger partial charge in [-0.3, -0.25) is 4.79 Å². The lowest BCUT2D eigenvalue weighted by molar-refractivity contribution is -0.126. The second-order valence-electron chi connectivity index (χ2n) is 3.76. The van der Waals surface area contributed by atoms with Crippen LogP contribution in [0.5, 0.6) is 0 Å². The Bertz CT molecular complexity index is 419. The van der Waals surface area contributed by atoms with Crippen LogP contribution in [0.3, 0.4) is 0 Å². The highest BCUT2D eigenvalue weighted by atomic mass is 16.2. The van der Waals surface area contributed by atoms with E-state index in [2.05, 4.69) is 29.8 Å². The molecule has 90 valence electrons. The lowest BCUT2D eigenvalue weighted by atomic mass is 10.1. The zero-order valence-corrected chi connectivity index (χ0v) is 10.4. The van der Waals surface area contributed by atoms with Crippen molar-refractivity contribution in [1.82, 2.24) is 10.2 Å². The molecule has 1 aromatic carbocycles. The molecule has 0 aliphatic carbocycles. The summed E-state index contributed by atoms with van der Waals surface area (Å²) in [4.78, 5) is 13.5. The fourth-order valence-electron chi connectivity index (χ4n) is 1.50. The molecule has 0 fully saturated rings. The summed E-state index contributed by atoms with van der Waals surface area (Å²) >= 11 is 0. The van der Waals surface area contributed by atoms with Gasteiger partial charge in [0.15, 0.2) is 0 Å². The van der Waals surface area contributed by atoms with Crippen molar-refractivity contribution in [2.45, 2.75) is 6.42 Å². The van der Waals surface area contributed by atoms with Gasteiger partial charge in [-0.2, -0.15) is 0 Å². The average Bonchev–Trinajstić information content (AvgIpc) is 2.38. The molecule has 0 spiro atoms. The number of carbonyl (C=O) groups excluding carboxylic acids is 1. The summed E-state index contributed by atoms with van der Waals surface area (Å²) in [5.74, 6) is -0.0848. The van der Waals surface area contributed by atoms with Gasteiger partial charge in [0, 0.05) is 20.6 Å². The fraction of sp³-hybridized carbons (Fsp3) is 0.286. The molecule has 0 aromatic heterocycles. The van der Waals surface area contributed by atoms with Crippen molar-refractivity contribution in [3.8, 4) is 0 Å². The van der Waals surface area contributed by atoms with E-state index in [0.29, 0.717) is 12.2 Å². The lowest BCUT2D eigenvalue weighted by Crippen LogP contribution is -2.33. The van der Waals surface area contributed by atoms with Crippen LogP contribution < -0.4 is 5.32 Å². The summed E-state index contributed by atoms with van der Waals surface area (Å²) < 4.78 is 0. The maximum absolute atomic E-state index is 11.9. The Kier molecular flexibility index (Phi) is 5.05. The lowest BCUT2D eigenvalue weighted by Gasteiger charge is -2.17. The first-order valence-corrected chi connectivity index (χ1v) is 5.56. The van der Waals surface area contributed by atoms with Gasteiger partial charge in [-0.25, -0.2) is 0 Å². The summed E-state index contributed by atoms with van der Waals surface area (Å²) in [7, 11) is 3.47. The molecule has 0 aliphatic heterocycles. The van der Waals surface area contributed by atoms with Gasteiger partial charge in [0.2, 0.25) is 0 Å². The quantitative estimate of drug-likeness (QED) is 0.615. The minimum absolute atomic E-state index is 0.0848. The summed E-state index contributed by atoms with van der Waals surface area (Å²) in [5.41, 5.74) is 4.22. The predicted molar refractivity (Wildman–Crippen MR) is 69.5 cm³/mol. The van der Waals surface area contributed by atoms with Gasteiger partial charge < -0.3 is 10.2 Å². The summed E-state index contributed by atoms with van der Waals surface area (Å²) in [6.07, 6.45) is 0.844. The largest absolute Gasteiger partial charge is 0.377 e. The Morgan fingerprint density at radius 2 is 2.06 bits per heavy atom. The molecule has 0 saturated carbocycles. The second kappa shape index (κ2) is 6.56. The van der Waals surface area contributed by atoms with E-state index < -0.39 is 0 Å². The van der Waals surface area contributed by atoms with Crippen LogP contribution in [0.4, 0.5) is 0 Å². The zero-order chi connectivity index (χ0) is 12.7. The molecule has 0 radical (unpaired) electrons. The number of nitrogens with one attached hydrogen (secondary N) is 1. The van der Waals surface area contributed by atoms with Gasteiger partial charge >= 0.3 is 0 Å². The van der Waals surface area contributed by atoms with Crippen molar-refractivity contribution in [2.24, 2.45) is 0 Å². The van der Waals surface area contributed by atoms with E-state index in [1.807, 2.05) is 18.2 Å². The highest BCUT2D eigenvalue weighted by Crippen LogP contribution is 2.02. The van der Waals surface area contributed by atoms with Crippen molar-refractivity contribution in [2.75, 3.05) is 20.6 Å². The molecular formula is C14H18N2O. The SMILES string of the molecule is C=C=C(NC)C(=O)N(C)CCc1ccccc1.